The van der Waals surface area contributed by atoms with Crippen molar-refractivity contribution in [1.82, 2.24) is 9.55 Å². The third-order valence-corrected chi connectivity index (χ3v) is 4.67. The van der Waals surface area contributed by atoms with Gasteiger partial charge in [0.2, 0.25) is 0 Å². The Bertz CT molecular complexity index is 895. The standard InChI is InChI=1S/C16H11F3N4O/c17-16(18,19)8-22-13-5-10(6-20)1-2-12(13)15(14(22)24)4-3-11-7-21-9-23(11)15/h1-2,5,7,9H,3-4,8H2. The molecule has 1 spiro atoms. The summed E-state index contributed by atoms with van der Waals surface area (Å²) >= 11 is 0. The average Bonchev–Trinajstić information content (AvgIpc) is 3.18. The lowest BCUT2D eigenvalue weighted by Crippen LogP contribution is -2.46. The molecule has 0 saturated carbocycles. The Hall–Kier alpha value is -2.82. The van der Waals surface area contributed by atoms with Crippen molar-refractivity contribution in [2.75, 3.05) is 11.4 Å². The van der Waals surface area contributed by atoms with E-state index in [9.17, 15) is 18.0 Å². The van der Waals surface area contributed by atoms with Crippen molar-refractivity contribution in [3.63, 3.8) is 0 Å². The first kappa shape index (κ1) is 14.8. The highest BCUT2D eigenvalue weighted by molar-refractivity contribution is 6.08. The van der Waals surface area contributed by atoms with Crippen LogP contribution in [0.15, 0.2) is 30.7 Å². The van der Waals surface area contributed by atoms with E-state index in [1.165, 1.54) is 18.5 Å². The Labute approximate surface area is 134 Å². The number of benzene rings is 1. The van der Waals surface area contributed by atoms with Crippen molar-refractivity contribution in [2.45, 2.75) is 24.6 Å². The van der Waals surface area contributed by atoms with Gasteiger partial charge in [-0.1, -0.05) is 6.07 Å². The van der Waals surface area contributed by atoms with E-state index in [-0.39, 0.29) is 11.3 Å². The van der Waals surface area contributed by atoms with Crippen molar-refractivity contribution in [2.24, 2.45) is 0 Å². The van der Waals surface area contributed by atoms with Crippen molar-refractivity contribution in [3.8, 4) is 6.07 Å². The average molecular weight is 332 g/mol. The van der Waals surface area contributed by atoms with Crippen LogP contribution in [-0.4, -0.2) is 28.2 Å². The number of aromatic nitrogens is 2. The molecule has 24 heavy (non-hydrogen) atoms. The molecule has 0 N–H and O–H groups in total. The lowest BCUT2D eigenvalue weighted by Gasteiger charge is -2.26. The Kier molecular flexibility index (Phi) is 2.83. The quantitative estimate of drug-likeness (QED) is 0.805. The van der Waals surface area contributed by atoms with Gasteiger partial charge >= 0.3 is 6.18 Å². The molecular weight excluding hydrogens is 321 g/mol. The number of hydrogen-bond acceptors (Lipinski definition) is 3. The van der Waals surface area contributed by atoms with Crippen molar-refractivity contribution in [1.29, 1.82) is 5.26 Å². The molecule has 1 unspecified atom stereocenters. The number of anilines is 1. The summed E-state index contributed by atoms with van der Waals surface area (Å²) in [5.41, 5.74) is 0.480. The molecule has 0 fully saturated rings. The van der Waals surface area contributed by atoms with Crippen LogP contribution in [0.5, 0.6) is 0 Å². The number of alkyl halides is 3. The van der Waals surface area contributed by atoms with Gasteiger partial charge < -0.3 is 9.47 Å². The van der Waals surface area contributed by atoms with Crippen LogP contribution in [0.4, 0.5) is 18.9 Å². The molecule has 1 aromatic heterocycles. The molecular formula is C16H11F3N4O. The van der Waals surface area contributed by atoms with Crippen LogP contribution in [0.25, 0.3) is 0 Å². The van der Waals surface area contributed by atoms with E-state index in [1.54, 1.807) is 16.8 Å². The second kappa shape index (κ2) is 4.60. The van der Waals surface area contributed by atoms with Gasteiger partial charge in [0.1, 0.15) is 6.54 Å². The molecule has 1 atom stereocenters. The first-order valence-electron chi connectivity index (χ1n) is 7.32. The van der Waals surface area contributed by atoms with Gasteiger partial charge in [0.05, 0.1) is 23.6 Å². The van der Waals surface area contributed by atoms with Gasteiger partial charge in [-0.05, 0) is 25.0 Å². The Morgan fingerprint density at radius 1 is 1.38 bits per heavy atom. The largest absolute Gasteiger partial charge is 0.406 e. The zero-order valence-electron chi connectivity index (χ0n) is 12.3. The summed E-state index contributed by atoms with van der Waals surface area (Å²) in [7, 11) is 0. The van der Waals surface area contributed by atoms with Crippen LogP contribution in [0, 0.1) is 11.3 Å². The van der Waals surface area contributed by atoms with Gasteiger partial charge in [0, 0.05) is 17.5 Å². The highest BCUT2D eigenvalue weighted by atomic mass is 19.4. The van der Waals surface area contributed by atoms with Crippen LogP contribution in [0.2, 0.25) is 0 Å². The van der Waals surface area contributed by atoms with E-state index in [1.807, 2.05) is 6.07 Å². The normalized spacial score (nSPS) is 21.9. The van der Waals surface area contributed by atoms with Gasteiger partial charge in [-0.15, -0.1) is 0 Å². The molecule has 8 heteroatoms. The number of nitrogens with zero attached hydrogens (tertiary/aromatic N) is 4. The van der Waals surface area contributed by atoms with Crippen LogP contribution >= 0.6 is 0 Å². The molecule has 1 aromatic carbocycles. The van der Waals surface area contributed by atoms with Gasteiger partial charge in [0.15, 0.2) is 5.54 Å². The summed E-state index contributed by atoms with van der Waals surface area (Å²) in [4.78, 5) is 17.8. The number of imidazole rings is 1. The second-order valence-corrected chi connectivity index (χ2v) is 5.97. The number of nitriles is 1. The summed E-state index contributed by atoms with van der Waals surface area (Å²) < 4.78 is 40.6. The minimum Gasteiger partial charge on any atom is -0.315 e. The predicted octanol–water partition coefficient (Wildman–Crippen LogP) is 2.35. The molecule has 3 heterocycles. The molecule has 0 saturated heterocycles. The van der Waals surface area contributed by atoms with E-state index >= 15 is 0 Å². The highest BCUT2D eigenvalue weighted by Crippen LogP contribution is 2.49. The third-order valence-electron chi connectivity index (χ3n) is 4.67. The van der Waals surface area contributed by atoms with Crippen LogP contribution in [-0.2, 0) is 16.8 Å². The first-order valence-corrected chi connectivity index (χ1v) is 7.32. The monoisotopic (exact) mass is 332 g/mol. The summed E-state index contributed by atoms with van der Waals surface area (Å²) in [6.45, 7) is -1.38. The van der Waals surface area contributed by atoms with Crippen LogP contribution < -0.4 is 4.90 Å². The fraction of sp³-hybridized carbons (Fsp3) is 0.312. The van der Waals surface area contributed by atoms with Crippen molar-refractivity contribution >= 4 is 11.6 Å². The van der Waals surface area contributed by atoms with Gasteiger partial charge in [-0.2, -0.15) is 18.4 Å². The minimum absolute atomic E-state index is 0.151. The van der Waals surface area contributed by atoms with Crippen molar-refractivity contribution in [3.05, 3.63) is 47.5 Å². The molecule has 0 aliphatic carbocycles. The summed E-state index contributed by atoms with van der Waals surface area (Å²) in [6.07, 6.45) is -0.476. The van der Waals surface area contributed by atoms with E-state index in [4.69, 9.17) is 5.26 Å². The molecule has 5 nitrogen and oxygen atoms in total. The van der Waals surface area contributed by atoms with E-state index in [0.717, 1.165) is 10.6 Å². The number of fused-ring (bicyclic) bond motifs is 4. The number of rotatable bonds is 1. The number of aryl methyl sites for hydroxylation is 1. The Morgan fingerprint density at radius 2 is 2.17 bits per heavy atom. The maximum atomic E-state index is 13.0. The molecule has 2 aromatic rings. The van der Waals surface area contributed by atoms with Crippen molar-refractivity contribution < 1.29 is 18.0 Å². The molecule has 0 bridgehead atoms. The molecule has 4 rings (SSSR count). The minimum atomic E-state index is -4.53. The fourth-order valence-corrected chi connectivity index (χ4v) is 3.71. The molecule has 2 aliphatic heterocycles. The maximum Gasteiger partial charge on any atom is 0.406 e. The highest BCUT2D eigenvalue weighted by Gasteiger charge is 2.56. The van der Waals surface area contributed by atoms with Crippen LogP contribution in [0.3, 0.4) is 0 Å². The Morgan fingerprint density at radius 3 is 2.88 bits per heavy atom. The predicted molar refractivity (Wildman–Crippen MR) is 77.2 cm³/mol. The van der Waals surface area contributed by atoms with Gasteiger partial charge in [-0.25, -0.2) is 4.98 Å². The molecule has 0 radical (unpaired) electrons. The number of carbonyl (C=O) groups excluding carboxylic acids is 1. The topological polar surface area (TPSA) is 61.9 Å². The second-order valence-electron chi connectivity index (χ2n) is 5.97. The zero-order chi connectivity index (χ0) is 17.1. The first-order chi connectivity index (χ1) is 11.4. The summed E-state index contributed by atoms with van der Waals surface area (Å²) in [5, 5.41) is 9.04. The summed E-state index contributed by atoms with van der Waals surface area (Å²) in [5.74, 6) is -0.623. The SMILES string of the molecule is N#Cc1ccc2c(c1)N(CC(F)(F)F)C(=O)C21CCc2cncn21. The smallest absolute Gasteiger partial charge is 0.315 e. The Balaban J connectivity index is 1.94. The number of halogens is 3. The molecule has 2 aliphatic rings. The fourth-order valence-electron chi connectivity index (χ4n) is 3.71. The maximum absolute atomic E-state index is 13.0. The lowest BCUT2D eigenvalue weighted by molar-refractivity contribution is -0.135. The summed E-state index contributed by atoms with van der Waals surface area (Å²) in [6, 6.07) is 6.37. The van der Waals surface area contributed by atoms with Gasteiger partial charge in [-0.3, -0.25) is 4.79 Å². The number of amides is 1. The van der Waals surface area contributed by atoms with E-state index in [2.05, 4.69) is 4.98 Å². The number of hydrogen-bond donors (Lipinski definition) is 0. The number of carbonyl (C=O) groups is 1. The zero-order valence-corrected chi connectivity index (χ0v) is 12.3. The van der Waals surface area contributed by atoms with Gasteiger partial charge in [0.25, 0.3) is 5.91 Å². The van der Waals surface area contributed by atoms with Crippen LogP contribution in [0.1, 0.15) is 23.2 Å². The molecule has 122 valence electrons. The molecule has 1 amide bonds. The lowest BCUT2D eigenvalue weighted by atomic mass is 9.88. The third kappa shape index (κ3) is 1.81. The van der Waals surface area contributed by atoms with E-state index in [0.29, 0.717) is 18.4 Å². The van der Waals surface area contributed by atoms with E-state index < -0.39 is 24.2 Å².